The zero-order chi connectivity index (χ0) is 12.2. The van der Waals surface area contributed by atoms with Gasteiger partial charge in [0.05, 0.1) is 6.61 Å². The summed E-state index contributed by atoms with van der Waals surface area (Å²) < 4.78 is 10.6. The van der Waals surface area contributed by atoms with E-state index in [1.54, 1.807) is 0 Å². The lowest BCUT2D eigenvalue weighted by molar-refractivity contribution is -0.157. The van der Waals surface area contributed by atoms with Gasteiger partial charge in [-0.3, -0.25) is 10.1 Å². The summed E-state index contributed by atoms with van der Waals surface area (Å²) in [6.45, 7) is 8.98. The molecule has 0 saturated carbocycles. The van der Waals surface area contributed by atoms with E-state index in [4.69, 9.17) is 9.47 Å². The highest BCUT2D eigenvalue weighted by Gasteiger charge is 2.24. The first-order valence-electron chi connectivity index (χ1n) is 5.95. The Morgan fingerprint density at radius 2 is 2.19 bits per heavy atom. The minimum Gasteiger partial charge on any atom is -0.459 e. The van der Waals surface area contributed by atoms with Crippen LogP contribution in [0.2, 0.25) is 0 Å². The molecule has 1 heterocycles. The highest BCUT2D eigenvalue weighted by Crippen LogP contribution is 2.10. The Bertz CT molecular complexity index is 229. The van der Waals surface area contributed by atoms with Gasteiger partial charge < -0.3 is 9.47 Å². The van der Waals surface area contributed by atoms with Crippen LogP contribution in [0.5, 0.6) is 0 Å². The van der Waals surface area contributed by atoms with Crippen molar-refractivity contribution in [3.05, 3.63) is 0 Å². The van der Waals surface area contributed by atoms with Crippen molar-refractivity contribution in [1.29, 1.82) is 0 Å². The smallest absolute Gasteiger partial charge is 0.323 e. The highest BCUT2D eigenvalue weighted by atomic mass is 16.6. The molecule has 0 aromatic heterocycles. The topological polar surface area (TPSA) is 47.6 Å². The van der Waals surface area contributed by atoms with E-state index >= 15 is 0 Å². The number of rotatable bonds is 3. The maximum absolute atomic E-state index is 11.7. The Kier molecular flexibility index (Phi) is 4.74. The van der Waals surface area contributed by atoms with Crippen LogP contribution in [0.25, 0.3) is 0 Å². The molecule has 0 aromatic rings. The van der Waals surface area contributed by atoms with Crippen LogP contribution in [0.15, 0.2) is 0 Å². The molecule has 1 fully saturated rings. The van der Waals surface area contributed by atoms with Crippen molar-refractivity contribution in [2.24, 2.45) is 0 Å². The maximum Gasteiger partial charge on any atom is 0.323 e. The van der Waals surface area contributed by atoms with Gasteiger partial charge in [-0.25, -0.2) is 0 Å². The molecule has 94 valence electrons. The van der Waals surface area contributed by atoms with Gasteiger partial charge in [-0.1, -0.05) is 0 Å². The van der Waals surface area contributed by atoms with Crippen LogP contribution < -0.4 is 5.32 Å². The Morgan fingerprint density at radius 3 is 2.69 bits per heavy atom. The molecule has 2 unspecified atom stereocenters. The van der Waals surface area contributed by atoms with Crippen LogP contribution in [-0.2, 0) is 14.3 Å². The summed E-state index contributed by atoms with van der Waals surface area (Å²) in [7, 11) is 0. The number of hydrogen-bond donors (Lipinski definition) is 1. The molecule has 0 amide bonds. The monoisotopic (exact) mass is 229 g/mol. The number of nitrogens with one attached hydrogen (secondary N) is 1. The number of hydrogen-bond acceptors (Lipinski definition) is 4. The first-order valence-corrected chi connectivity index (χ1v) is 5.95. The van der Waals surface area contributed by atoms with Crippen molar-refractivity contribution in [2.45, 2.75) is 58.2 Å². The largest absolute Gasteiger partial charge is 0.459 e. The van der Waals surface area contributed by atoms with E-state index in [1.165, 1.54) is 0 Å². The average Bonchev–Trinajstić information content (AvgIpc) is 2.16. The van der Waals surface area contributed by atoms with Gasteiger partial charge >= 0.3 is 5.97 Å². The third-order valence-corrected chi connectivity index (χ3v) is 2.41. The second kappa shape index (κ2) is 5.64. The van der Waals surface area contributed by atoms with Gasteiger partial charge in [0.2, 0.25) is 0 Å². The lowest BCUT2D eigenvalue weighted by Gasteiger charge is -2.28. The van der Waals surface area contributed by atoms with Gasteiger partial charge in [0.15, 0.2) is 0 Å². The summed E-state index contributed by atoms with van der Waals surface area (Å²) in [5.41, 5.74) is -0.421. The molecule has 2 atom stereocenters. The van der Waals surface area contributed by atoms with Gasteiger partial charge in [-0.05, 0) is 40.5 Å². The molecule has 1 N–H and O–H groups in total. The SMILES string of the molecule is CC(NC1CCCOC1)C(=O)OC(C)(C)C. The maximum atomic E-state index is 11.7. The van der Waals surface area contributed by atoms with Gasteiger partial charge in [-0.2, -0.15) is 0 Å². The van der Waals surface area contributed by atoms with Crippen LogP contribution in [0, 0.1) is 0 Å². The molecule has 0 aromatic carbocycles. The normalized spacial score (nSPS) is 23.9. The zero-order valence-corrected chi connectivity index (χ0v) is 10.7. The molecule has 4 nitrogen and oxygen atoms in total. The van der Waals surface area contributed by atoms with Crippen molar-refractivity contribution in [3.8, 4) is 0 Å². The van der Waals surface area contributed by atoms with Crippen LogP contribution in [0.3, 0.4) is 0 Å². The predicted octanol–water partition coefficient (Wildman–Crippen LogP) is 1.49. The second-order valence-electron chi connectivity index (χ2n) is 5.34. The van der Waals surface area contributed by atoms with Crippen molar-refractivity contribution in [1.82, 2.24) is 5.32 Å². The fraction of sp³-hybridized carbons (Fsp3) is 0.917. The molecule has 0 radical (unpaired) electrons. The summed E-state index contributed by atoms with van der Waals surface area (Å²) in [4.78, 5) is 11.7. The Balaban J connectivity index is 2.33. The molecule has 0 spiro atoms. The molecular formula is C12H23NO3. The second-order valence-corrected chi connectivity index (χ2v) is 5.34. The predicted molar refractivity (Wildman–Crippen MR) is 62.3 cm³/mol. The molecule has 16 heavy (non-hydrogen) atoms. The summed E-state index contributed by atoms with van der Waals surface area (Å²) in [5.74, 6) is -0.196. The third kappa shape index (κ3) is 4.94. The average molecular weight is 229 g/mol. The molecule has 1 saturated heterocycles. The minimum atomic E-state index is -0.421. The number of carbonyl (C=O) groups excluding carboxylic acids is 1. The zero-order valence-electron chi connectivity index (χ0n) is 10.7. The van der Waals surface area contributed by atoms with E-state index in [2.05, 4.69) is 5.32 Å². The van der Waals surface area contributed by atoms with E-state index in [0.717, 1.165) is 19.4 Å². The van der Waals surface area contributed by atoms with Gasteiger partial charge in [0, 0.05) is 12.6 Å². The lowest BCUT2D eigenvalue weighted by Crippen LogP contribution is -2.47. The minimum absolute atomic E-state index is 0.196. The molecule has 1 aliphatic rings. The number of esters is 1. The molecule has 4 heteroatoms. The molecule has 0 aliphatic carbocycles. The van der Waals surface area contributed by atoms with Crippen LogP contribution in [0.1, 0.15) is 40.5 Å². The number of ether oxygens (including phenoxy) is 2. The summed E-state index contributed by atoms with van der Waals surface area (Å²) in [6, 6.07) is 0.00203. The van der Waals surface area contributed by atoms with Crippen LogP contribution >= 0.6 is 0 Å². The summed E-state index contributed by atoms with van der Waals surface area (Å²) in [5, 5.41) is 3.24. The summed E-state index contributed by atoms with van der Waals surface area (Å²) in [6.07, 6.45) is 2.12. The molecule has 1 aliphatic heterocycles. The number of carbonyl (C=O) groups is 1. The van der Waals surface area contributed by atoms with Gasteiger partial charge in [0.1, 0.15) is 11.6 Å². The van der Waals surface area contributed by atoms with Crippen molar-refractivity contribution < 1.29 is 14.3 Å². The van der Waals surface area contributed by atoms with Crippen molar-refractivity contribution >= 4 is 5.97 Å². The fourth-order valence-electron chi connectivity index (χ4n) is 1.68. The van der Waals surface area contributed by atoms with E-state index < -0.39 is 5.60 Å². The molecule has 0 bridgehead atoms. The standard InChI is InChI=1S/C12H23NO3/c1-9(11(14)16-12(2,3)4)13-10-6-5-7-15-8-10/h9-10,13H,5-8H2,1-4H3. The van der Waals surface area contributed by atoms with E-state index in [1.807, 2.05) is 27.7 Å². The van der Waals surface area contributed by atoms with Gasteiger partial charge in [0.25, 0.3) is 0 Å². The Morgan fingerprint density at radius 1 is 1.50 bits per heavy atom. The fourth-order valence-corrected chi connectivity index (χ4v) is 1.68. The van der Waals surface area contributed by atoms with Crippen LogP contribution in [-0.4, -0.2) is 36.9 Å². The summed E-state index contributed by atoms with van der Waals surface area (Å²) >= 11 is 0. The van der Waals surface area contributed by atoms with E-state index in [-0.39, 0.29) is 18.1 Å². The lowest BCUT2D eigenvalue weighted by atomic mass is 10.1. The Labute approximate surface area is 97.7 Å². The van der Waals surface area contributed by atoms with E-state index in [0.29, 0.717) is 6.61 Å². The first kappa shape index (κ1) is 13.5. The van der Waals surface area contributed by atoms with E-state index in [9.17, 15) is 4.79 Å². The first-order chi connectivity index (χ1) is 7.38. The van der Waals surface area contributed by atoms with Gasteiger partial charge in [-0.15, -0.1) is 0 Å². The molecule has 1 rings (SSSR count). The van der Waals surface area contributed by atoms with Crippen molar-refractivity contribution in [3.63, 3.8) is 0 Å². The Hall–Kier alpha value is -0.610. The quantitative estimate of drug-likeness (QED) is 0.745. The van der Waals surface area contributed by atoms with Crippen LogP contribution in [0.4, 0.5) is 0 Å². The molecular weight excluding hydrogens is 206 g/mol. The third-order valence-electron chi connectivity index (χ3n) is 2.41. The highest BCUT2D eigenvalue weighted by molar-refractivity contribution is 5.75. The van der Waals surface area contributed by atoms with Crippen molar-refractivity contribution in [2.75, 3.05) is 13.2 Å².